The van der Waals surface area contributed by atoms with Gasteiger partial charge in [-0.25, -0.2) is 0 Å². The molecular weight excluding hydrogens is 228 g/mol. The lowest BCUT2D eigenvalue weighted by Crippen LogP contribution is -2.29. The molecule has 0 bridgehead atoms. The van der Waals surface area contributed by atoms with Crippen LogP contribution in [0.25, 0.3) is 0 Å². The Morgan fingerprint density at radius 1 is 1.61 bits per heavy atom. The zero-order valence-electron chi connectivity index (χ0n) is 11.1. The molecule has 1 aliphatic rings. The van der Waals surface area contributed by atoms with E-state index in [4.69, 9.17) is 10.6 Å². The molecule has 0 spiro atoms. The fourth-order valence-corrected chi connectivity index (χ4v) is 2.47. The van der Waals surface area contributed by atoms with Crippen LogP contribution in [0.1, 0.15) is 50.6 Å². The average molecular weight is 252 g/mol. The van der Waals surface area contributed by atoms with Crippen molar-refractivity contribution in [1.82, 2.24) is 15.2 Å². The average Bonchev–Trinajstić information content (AvgIpc) is 2.89. The molecule has 5 nitrogen and oxygen atoms in total. The number of nitrogens with two attached hydrogens (primary N) is 1. The highest BCUT2D eigenvalue weighted by molar-refractivity contribution is 5.10. The molecule has 2 rings (SSSR count). The maximum absolute atomic E-state index is 5.75. The van der Waals surface area contributed by atoms with E-state index in [2.05, 4.69) is 23.6 Å². The van der Waals surface area contributed by atoms with Gasteiger partial charge in [-0.1, -0.05) is 0 Å². The fourth-order valence-electron chi connectivity index (χ4n) is 2.47. The van der Waals surface area contributed by atoms with Gasteiger partial charge in [-0.15, -0.1) is 0 Å². The molecule has 5 heteroatoms. The molecule has 3 N–H and O–H groups in total. The standard InChI is InChI=1S/C13H24N4O/c1-2-17-10-11(9-15-17)13(16-14)7-6-12-5-3-4-8-18-12/h9-10,12-13,16H,2-8,14H2,1H3. The number of hydrogen-bond acceptors (Lipinski definition) is 4. The highest BCUT2D eigenvalue weighted by atomic mass is 16.5. The van der Waals surface area contributed by atoms with Crippen molar-refractivity contribution in [2.24, 2.45) is 5.84 Å². The van der Waals surface area contributed by atoms with E-state index in [1.54, 1.807) is 0 Å². The van der Waals surface area contributed by atoms with Crippen LogP contribution in [-0.2, 0) is 11.3 Å². The number of hydrogen-bond donors (Lipinski definition) is 2. The molecule has 0 aliphatic carbocycles. The first kappa shape index (κ1) is 13.5. The Bertz CT molecular complexity index is 347. The maximum atomic E-state index is 5.75. The Hall–Kier alpha value is -0.910. The van der Waals surface area contributed by atoms with Crippen LogP contribution in [-0.4, -0.2) is 22.5 Å². The zero-order valence-corrected chi connectivity index (χ0v) is 11.1. The molecule has 0 amide bonds. The van der Waals surface area contributed by atoms with Crippen LogP contribution >= 0.6 is 0 Å². The molecule has 1 fully saturated rings. The molecule has 102 valence electrons. The largest absolute Gasteiger partial charge is 0.378 e. The van der Waals surface area contributed by atoms with Gasteiger partial charge >= 0.3 is 0 Å². The summed E-state index contributed by atoms with van der Waals surface area (Å²) in [5.74, 6) is 5.64. The minimum Gasteiger partial charge on any atom is -0.378 e. The monoisotopic (exact) mass is 252 g/mol. The van der Waals surface area contributed by atoms with Gasteiger partial charge in [0.25, 0.3) is 0 Å². The summed E-state index contributed by atoms with van der Waals surface area (Å²) in [6, 6.07) is 0.177. The summed E-state index contributed by atoms with van der Waals surface area (Å²) in [6.07, 6.45) is 10.1. The van der Waals surface area contributed by atoms with Crippen LogP contribution in [0.3, 0.4) is 0 Å². The predicted molar refractivity (Wildman–Crippen MR) is 70.8 cm³/mol. The summed E-state index contributed by atoms with van der Waals surface area (Å²) in [5.41, 5.74) is 4.05. The first-order valence-electron chi connectivity index (χ1n) is 6.93. The second-order valence-electron chi connectivity index (χ2n) is 4.91. The van der Waals surface area contributed by atoms with Crippen LogP contribution < -0.4 is 11.3 Å². The zero-order chi connectivity index (χ0) is 12.8. The highest BCUT2D eigenvalue weighted by Crippen LogP contribution is 2.23. The SMILES string of the molecule is CCn1cc(C(CCC2CCCCO2)NN)cn1. The van der Waals surface area contributed by atoms with Crippen molar-refractivity contribution in [2.45, 2.75) is 57.7 Å². The first-order valence-corrected chi connectivity index (χ1v) is 6.93. The topological polar surface area (TPSA) is 65.1 Å². The lowest BCUT2D eigenvalue weighted by atomic mass is 9.99. The van der Waals surface area contributed by atoms with E-state index in [9.17, 15) is 0 Å². The van der Waals surface area contributed by atoms with Gasteiger partial charge in [0.2, 0.25) is 0 Å². The second-order valence-corrected chi connectivity index (χ2v) is 4.91. The van der Waals surface area contributed by atoms with Crippen LogP contribution in [0.5, 0.6) is 0 Å². The number of rotatable bonds is 6. The molecule has 1 saturated heterocycles. The third kappa shape index (κ3) is 3.54. The van der Waals surface area contributed by atoms with Crippen molar-refractivity contribution in [3.63, 3.8) is 0 Å². The number of aryl methyl sites for hydroxylation is 1. The number of nitrogens with one attached hydrogen (secondary N) is 1. The van der Waals surface area contributed by atoms with Crippen molar-refractivity contribution < 1.29 is 4.74 Å². The quantitative estimate of drug-likeness (QED) is 0.598. The van der Waals surface area contributed by atoms with Gasteiger partial charge in [0.05, 0.1) is 12.3 Å². The van der Waals surface area contributed by atoms with E-state index in [1.807, 2.05) is 10.9 Å². The van der Waals surface area contributed by atoms with E-state index in [0.717, 1.165) is 31.6 Å². The van der Waals surface area contributed by atoms with E-state index in [-0.39, 0.29) is 6.04 Å². The van der Waals surface area contributed by atoms with Gasteiger partial charge in [-0.3, -0.25) is 16.0 Å². The summed E-state index contributed by atoms with van der Waals surface area (Å²) >= 11 is 0. The normalized spacial score (nSPS) is 22.0. The Kier molecular flexibility index (Phi) is 5.16. The molecular formula is C13H24N4O. The molecule has 18 heavy (non-hydrogen) atoms. The Balaban J connectivity index is 1.84. The summed E-state index contributed by atoms with van der Waals surface area (Å²) in [7, 11) is 0. The van der Waals surface area contributed by atoms with Crippen molar-refractivity contribution in [2.75, 3.05) is 6.61 Å². The van der Waals surface area contributed by atoms with E-state index in [1.165, 1.54) is 19.3 Å². The van der Waals surface area contributed by atoms with Gasteiger partial charge in [0, 0.05) is 31.0 Å². The Labute approximate surface area is 109 Å². The number of aromatic nitrogens is 2. The van der Waals surface area contributed by atoms with Gasteiger partial charge in [0.15, 0.2) is 0 Å². The van der Waals surface area contributed by atoms with Crippen LogP contribution in [0.2, 0.25) is 0 Å². The molecule has 2 heterocycles. The lowest BCUT2D eigenvalue weighted by Gasteiger charge is -2.24. The van der Waals surface area contributed by atoms with Crippen molar-refractivity contribution in [3.05, 3.63) is 18.0 Å². The Morgan fingerprint density at radius 2 is 2.50 bits per heavy atom. The Morgan fingerprint density at radius 3 is 3.11 bits per heavy atom. The minimum absolute atomic E-state index is 0.177. The second kappa shape index (κ2) is 6.87. The van der Waals surface area contributed by atoms with E-state index in [0.29, 0.717) is 6.10 Å². The smallest absolute Gasteiger partial charge is 0.0575 e. The molecule has 1 aromatic rings. The van der Waals surface area contributed by atoms with E-state index < -0.39 is 0 Å². The highest BCUT2D eigenvalue weighted by Gasteiger charge is 2.18. The van der Waals surface area contributed by atoms with E-state index >= 15 is 0 Å². The number of hydrazine groups is 1. The number of nitrogens with zero attached hydrogens (tertiary/aromatic N) is 2. The molecule has 1 aromatic heterocycles. The third-order valence-electron chi connectivity index (χ3n) is 3.63. The van der Waals surface area contributed by atoms with Gasteiger partial charge in [0.1, 0.15) is 0 Å². The lowest BCUT2D eigenvalue weighted by molar-refractivity contribution is 0.00854. The molecule has 0 saturated carbocycles. The van der Waals surface area contributed by atoms with Crippen molar-refractivity contribution in [3.8, 4) is 0 Å². The van der Waals surface area contributed by atoms with Crippen molar-refractivity contribution in [1.29, 1.82) is 0 Å². The molecule has 2 atom stereocenters. The van der Waals surface area contributed by atoms with Gasteiger partial charge in [-0.05, 0) is 39.0 Å². The first-order chi connectivity index (χ1) is 8.83. The molecule has 1 aliphatic heterocycles. The summed E-state index contributed by atoms with van der Waals surface area (Å²) in [4.78, 5) is 0. The molecule has 0 aromatic carbocycles. The number of ether oxygens (including phenoxy) is 1. The fraction of sp³-hybridized carbons (Fsp3) is 0.769. The maximum Gasteiger partial charge on any atom is 0.0575 e. The minimum atomic E-state index is 0.177. The third-order valence-corrected chi connectivity index (χ3v) is 3.63. The predicted octanol–water partition coefficient (Wildman–Crippen LogP) is 1.76. The molecule has 0 radical (unpaired) electrons. The van der Waals surface area contributed by atoms with Gasteiger partial charge in [-0.2, -0.15) is 5.10 Å². The van der Waals surface area contributed by atoms with Crippen LogP contribution in [0, 0.1) is 0 Å². The summed E-state index contributed by atoms with van der Waals surface area (Å²) in [6.45, 7) is 3.89. The summed E-state index contributed by atoms with van der Waals surface area (Å²) in [5, 5.41) is 4.29. The van der Waals surface area contributed by atoms with Crippen LogP contribution in [0.4, 0.5) is 0 Å². The molecule has 2 unspecified atom stereocenters. The van der Waals surface area contributed by atoms with Crippen LogP contribution in [0.15, 0.2) is 12.4 Å². The van der Waals surface area contributed by atoms with Gasteiger partial charge < -0.3 is 4.74 Å². The summed E-state index contributed by atoms with van der Waals surface area (Å²) < 4.78 is 7.67. The van der Waals surface area contributed by atoms with Crippen molar-refractivity contribution >= 4 is 0 Å².